The van der Waals surface area contributed by atoms with Crippen molar-refractivity contribution in [3.05, 3.63) is 36.9 Å². The molecule has 3 amide bonds. The molecule has 2 atom stereocenters. The van der Waals surface area contributed by atoms with E-state index < -0.39 is 0 Å². The molecule has 0 spiro atoms. The van der Waals surface area contributed by atoms with Crippen LogP contribution in [0.5, 0.6) is 0 Å². The summed E-state index contributed by atoms with van der Waals surface area (Å²) in [6.07, 6.45) is 8.33. The van der Waals surface area contributed by atoms with E-state index >= 15 is 0 Å². The summed E-state index contributed by atoms with van der Waals surface area (Å²) in [5, 5.41) is 8.55. The first-order valence-electron chi connectivity index (χ1n) is 9.66. The minimum atomic E-state index is -0.275. The number of carbonyl (C=O) groups is 2. The van der Waals surface area contributed by atoms with E-state index in [1.165, 1.54) is 19.3 Å². The van der Waals surface area contributed by atoms with Crippen molar-refractivity contribution in [3.63, 3.8) is 0 Å². The van der Waals surface area contributed by atoms with E-state index in [9.17, 15) is 9.59 Å². The monoisotopic (exact) mass is 431 g/mol. The van der Waals surface area contributed by atoms with Crippen molar-refractivity contribution in [1.82, 2.24) is 5.32 Å². The number of carbonyl (C=O) groups excluding carboxylic acids is 2. The molecule has 4 saturated carbocycles. The number of alkyl halides is 1. The van der Waals surface area contributed by atoms with Crippen LogP contribution < -0.4 is 16.0 Å². The molecular weight excluding hydrogens is 406 g/mol. The van der Waals surface area contributed by atoms with Gasteiger partial charge in [-0.2, -0.15) is 0 Å². The summed E-state index contributed by atoms with van der Waals surface area (Å²) in [5.74, 6) is 1.51. The number of rotatable bonds is 5. The molecule has 6 heteroatoms. The van der Waals surface area contributed by atoms with Gasteiger partial charge in [-0.1, -0.05) is 22.0 Å². The van der Waals surface area contributed by atoms with E-state index in [2.05, 4.69) is 38.5 Å². The Morgan fingerprint density at radius 2 is 1.67 bits per heavy atom. The Labute approximate surface area is 168 Å². The second-order valence-electron chi connectivity index (χ2n) is 8.55. The van der Waals surface area contributed by atoms with Crippen LogP contribution in [0.3, 0.4) is 0 Å². The highest BCUT2D eigenvalue weighted by molar-refractivity contribution is 9.10. The van der Waals surface area contributed by atoms with Crippen LogP contribution in [0.25, 0.3) is 0 Å². The molecule has 5 nitrogen and oxygen atoms in total. The summed E-state index contributed by atoms with van der Waals surface area (Å²) >= 11 is 3.96. The second kappa shape index (κ2) is 6.97. The average Bonchev–Trinajstić information content (AvgIpc) is 2.59. The first kappa shape index (κ1) is 18.5. The highest BCUT2D eigenvalue weighted by Crippen LogP contribution is 2.64. The van der Waals surface area contributed by atoms with E-state index in [0.29, 0.717) is 24.1 Å². The number of halogens is 1. The lowest BCUT2D eigenvalue weighted by atomic mass is 9.49. The van der Waals surface area contributed by atoms with Gasteiger partial charge in [0.25, 0.3) is 0 Å². The van der Waals surface area contributed by atoms with Crippen LogP contribution in [0.1, 0.15) is 38.5 Å². The topological polar surface area (TPSA) is 70.2 Å². The van der Waals surface area contributed by atoms with Gasteiger partial charge < -0.3 is 16.0 Å². The molecular formula is C21H26BrN3O2. The van der Waals surface area contributed by atoms with Crippen molar-refractivity contribution in [1.29, 1.82) is 0 Å². The molecule has 0 radical (unpaired) electrons. The summed E-state index contributed by atoms with van der Waals surface area (Å²) in [6.45, 7) is 3.98. The second-order valence-corrected chi connectivity index (χ2v) is 10.2. The maximum Gasteiger partial charge on any atom is 0.319 e. The number of hydrogen-bond donors (Lipinski definition) is 3. The number of nitrogens with one attached hydrogen (secondary N) is 3. The lowest BCUT2D eigenvalue weighted by Crippen LogP contribution is -2.57. The van der Waals surface area contributed by atoms with Crippen molar-refractivity contribution >= 4 is 39.2 Å². The zero-order valence-corrected chi connectivity index (χ0v) is 17.0. The molecule has 144 valence electrons. The van der Waals surface area contributed by atoms with Gasteiger partial charge in [-0.3, -0.25) is 4.79 Å². The Morgan fingerprint density at radius 1 is 1.07 bits per heavy atom. The Balaban J connectivity index is 1.40. The van der Waals surface area contributed by atoms with Crippen LogP contribution >= 0.6 is 15.9 Å². The number of benzene rings is 1. The van der Waals surface area contributed by atoms with E-state index in [1.54, 1.807) is 18.2 Å². The molecule has 0 aromatic heterocycles. The predicted molar refractivity (Wildman–Crippen MR) is 111 cm³/mol. The van der Waals surface area contributed by atoms with Crippen molar-refractivity contribution in [2.24, 2.45) is 17.3 Å². The van der Waals surface area contributed by atoms with Crippen LogP contribution in [-0.2, 0) is 4.79 Å². The Bertz CT molecular complexity index is 747. The third kappa shape index (κ3) is 3.77. The average molecular weight is 432 g/mol. The standard InChI is InChI=1S/C21H26BrN3O2/c1-2-7-23-19(27)25-17-5-3-16(4-6-17)24-18(26)20-9-14-8-15(10-20)12-21(22,11-14)13-20/h2-6,14-15H,1,7-13H2,(H,24,26)(H2,23,25,27). The summed E-state index contributed by atoms with van der Waals surface area (Å²) in [7, 11) is 0. The zero-order valence-electron chi connectivity index (χ0n) is 15.4. The molecule has 27 heavy (non-hydrogen) atoms. The summed E-state index contributed by atoms with van der Waals surface area (Å²) in [5.41, 5.74) is 1.23. The van der Waals surface area contributed by atoms with Gasteiger partial charge in [-0.25, -0.2) is 4.79 Å². The van der Waals surface area contributed by atoms with E-state index in [-0.39, 0.29) is 21.7 Å². The fraction of sp³-hybridized carbons (Fsp3) is 0.524. The largest absolute Gasteiger partial charge is 0.334 e. The first-order chi connectivity index (χ1) is 12.9. The maximum absolute atomic E-state index is 13.2. The normalized spacial score (nSPS) is 33.4. The molecule has 0 heterocycles. The smallest absolute Gasteiger partial charge is 0.319 e. The van der Waals surface area contributed by atoms with Gasteiger partial charge in [-0.15, -0.1) is 6.58 Å². The first-order valence-corrected chi connectivity index (χ1v) is 10.5. The molecule has 3 N–H and O–H groups in total. The molecule has 4 aliphatic carbocycles. The van der Waals surface area contributed by atoms with Gasteiger partial charge in [0.2, 0.25) is 5.91 Å². The molecule has 1 aromatic rings. The molecule has 1 aromatic carbocycles. The fourth-order valence-electron chi connectivity index (χ4n) is 5.66. The third-order valence-corrected chi connectivity index (χ3v) is 7.21. The molecule has 2 unspecified atom stereocenters. The van der Waals surface area contributed by atoms with E-state index in [4.69, 9.17) is 0 Å². The Hall–Kier alpha value is -1.82. The van der Waals surface area contributed by atoms with Crippen molar-refractivity contribution in [3.8, 4) is 0 Å². The minimum absolute atomic E-state index is 0.157. The summed E-state index contributed by atoms with van der Waals surface area (Å²) < 4.78 is 0.168. The van der Waals surface area contributed by atoms with Gasteiger partial charge in [0, 0.05) is 22.2 Å². The quantitative estimate of drug-likeness (QED) is 0.468. The highest BCUT2D eigenvalue weighted by Gasteiger charge is 2.59. The highest BCUT2D eigenvalue weighted by atomic mass is 79.9. The molecule has 4 bridgehead atoms. The van der Waals surface area contributed by atoms with Gasteiger partial charge in [-0.05, 0) is 74.6 Å². The van der Waals surface area contributed by atoms with Gasteiger partial charge in [0.05, 0.1) is 5.41 Å². The SMILES string of the molecule is C=CCNC(=O)Nc1ccc(NC(=O)C23CC4CC(CC(Br)(C4)C2)C3)cc1. The van der Waals surface area contributed by atoms with E-state index in [1.807, 2.05) is 12.1 Å². The number of urea groups is 1. The van der Waals surface area contributed by atoms with Gasteiger partial charge >= 0.3 is 6.03 Å². The van der Waals surface area contributed by atoms with Crippen molar-refractivity contribution in [2.45, 2.75) is 42.8 Å². The Kier molecular flexibility index (Phi) is 4.78. The number of anilines is 2. The van der Waals surface area contributed by atoms with Crippen LogP contribution in [0, 0.1) is 17.3 Å². The lowest BCUT2D eigenvalue weighted by molar-refractivity contribution is -0.138. The molecule has 0 saturated heterocycles. The van der Waals surface area contributed by atoms with Gasteiger partial charge in [0.15, 0.2) is 0 Å². The molecule has 0 aliphatic heterocycles. The summed E-state index contributed by atoms with van der Waals surface area (Å²) in [4.78, 5) is 24.8. The maximum atomic E-state index is 13.2. The molecule has 4 fully saturated rings. The minimum Gasteiger partial charge on any atom is -0.334 e. The van der Waals surface area contributed by atoms with Crippen LogP contribution in [0.15, 0.2) is 36.9 Å². The van der Waals surface area contributed by atoms with Gasteiger partial charge in [0.1, 0.15) is 0 Å². The Morgan fingerprint density at radius 3 is 2.22 bits per heavy atom. The summed E-state index contributed by atoms with van der Waals surface area (Å²) in [6, 6.07) is 7.00. The third-order valence-electron chi connectivity index (χ3n) is 6.28. The molecule has 5 rings (SSSR count). The number of amides is 3. The van der Waals surface area contributed by atoms with Crippen LogP contribution in [-0.4, -0.2) is 22.8 Å². The molecule has 4 aliphatic rings. The van der Waals surface area contributed by atoms with Crippen molar-refractivity contribution < 1.29 is 9.59 Å². The zero-order chi connectivity index (χ0) is 19.1. The van der Waals surface area contributed by atoms with Crippen molar-refractivity contribution in [2.75, 3.05) is 17.2 Å². The van der Waals surface area contributed by atoms with E-state index in [0.717, 1.165) is 24.9 Å². The lowest BCUT2D eigenvalue weighted by Gasteiger charge is -2.59. The van der Waals surface area contributed by atoms with Crippen LogP contribution in [0.2, 0.25) is 0 Å². The van der Waals surface area contributed by atoms with Crippen LogP contribution in [0.4, 0.5) is 16.2 Å². The fourth-order valence-corrected chi connectivity index (χ4v) is 7.11. The number of hydrogen-bond acceptors (Lipinski definition) is 2. The predicted octanol–water partition coefficient (Wildman–Crippen LogP) is 4.67.